The predicted octanol–water partition coefficient (Wildman–Crippen LogP) is 4.10. The van der Waals surface area contributed by atoms with Crippen LogP contribution < -0.4 is 14.8 Å². The minimum Gasteiger partial charge on any atom is -0.497 e. The largest absolute Gasteiger partial charge is 0.497 e. The summed E-state index contributed by atoms with van der Waals surface area (Å²) in [5.41, 5.74) is 1.74. The van der Waals surface area contributed by atoms with E-state index >= 15 is 0 Å². The molecule has 0 heterocycles. The fraction of sp³-hybridized carbons (Fsp3) is 0.286. The summed E-state index contributed by atoms with van der Waals surface area (Å²) in [7, 11) is -2.24. The van der Waals surface area contributed by atoms with E-state index in [9.17, 15) is 13.2 Å². The number of rotatable bonds is 7. The summed E-state index contributed by atoms with van der Waals surface area (Å²) >= 11 is 0. The standard InChI is InChI=1S/C21H24N2O4S/c1-15-7-12-19(14-20(15)22-21(24)13-16-5-3-4-6-16)28(25,26)23-17-8-10-18(27-2)11-9-17/h3,5,7-12,14,16,23H,4,6,13H2,1-2H3,(H,22,24)/t16-/m0/s1. The summed E-state index contributed by atoms with van der Waals surface area (Å²) in [5.74, 6) is 0.779. The number of aryl methyl sites for hydroxylation is 1. The summed E-state index contributed by atoms with van der Waals surface area (Å²) in [4.78, 5) is 12.4. The fourth-order valence-electron chi connectivity index (χ4n) is 3.08. The zero-order valence-corrected chi connectivity index (χ0v) is 16.8. The molecule has 0 aliphatic heterocycles. The van der Waals surface area contributed by atoms with Crippen LogP contribution in [-0.4, -0.2) is 21.4 Å². The molecule has 3 rings (SSSR count). The lowest BCUT2D eigenvalue weighted by Crippen LogP contribution is -2.17. The van der Waals surface area contributed by atoms with Gasteiger partial charge in [-0.3, -0.25) is 9.52 Å². The second-order valence-corrected chi connectivity index (χ2v) is 8.51. The number of ether oxygens (including phenoxy) is 1. The first-order chi connectivity index (χ1) is 13.4. The summed E-state index contributed by atoms with van der Waals surface area (Å²) in [6.07, 6.45) is 6.53. The summed E-state index contributed by atoms with van der Waals surface area (Å²) < 4.78 is 33.1. The molecule has 6 nitrogen and oxygen atoms in total. The van der Waals surface area contributed by atoms with Crippen LogP contribution in [0, 0.1) is 12.8 Å². The van der Waals surface area contributed by atoms with Crippen molar-refractivity contribution in [3.05, 3.63) is 60.2 Å². The third-order valence-corrected chi connectivity index (χ3v) is 6.07. The Bertz CT molecular complexity index is 982. The Balaban J connectivity index is 1.74. The van der Waals surface area contributed by atoms with Gasteiger partial charge in [0.05, 0.1) is 12.0 Å². The lowest BCUT2D eigenvalue weighted by molar-refractivity contribution is -0.116. The van der Waals surface area contributed by atoms with Crippen LogP contribution in [-0.2, 0) is 14.8 Å². The molecule has 2 N–H and O–H groups in total. The molecule has 1 aliphatic carbocycles. The van der Waals surface area contributed by atoms with E-state index in [2.05, 4.69) is 22.2 Å². The quantitative estimate of drug-likeness (QED) is 0.686. The van der Waals surface area contributed by atoms with Crippen LogP contribution in [0.1, 0.15) is 24.8 Å². The number of anilines is 2. The SMILES string of the molecule is COc1ccc(NS(=O)(=O)c2ccc(C)c(NC(=O)C[C@H]3C=CCC3)c2)cc1. The summed E-state index contributed by atoms with van der Waals surface area (Å²) in [5, 5.41) is 2.85. The van der Waals surface area contributed by atoms with Crippen LogP contribution in [0.25, 0.3) is 0 Å². The highest BCUT2D eigenvalue weighted by Gasteiger charge is 2.18. The van der Waals surface area contributed by atoms with Crippen LogP contribution in [0.3, 0.4) is 0 Å². The molecular formula is C21H24N2O4S. The molecule has 0 unspecified atom stereocenters. The Kier molecular flexibility index (Phi) is 6.04. The van der Waals surface area contributed by atoms with Gasteiger partial charge in [-0.1, -0.05) is 18.2 Å². The van der Waals surface area contributed by atoms with E-state index in [1.54, 1.807) is 37.4 Å². The Labute approximate surface area is 165 Å². The van der Waals surface area contributed by atoms with Crippen molar-refractivity contribution in [3.8, 4) is 5.75 Å². The lowest BCUT2D eigenvalue weighted by atomic mass is 10.0. The Morgan fingerprint density at radius 1 is 1.18 bits per heavy atom. The highest BCUT2D eigenvalue weighted by atomic mass is 32.2. The van der Waals surface area contributed by atoms with Crippen molar-refractivity contribution in [3.63, 3.8) is 0 Å². The maximum Gasteiger partial charge on any atom is 0.261 e. The van der Waals surface area contributed by atoms with Gasteiger partial charge < -0.3 is 10.1 Å². The summed E-state index contributed by atoms with van der Waals surface area (Å²) in [6.45, 7) is 1.83. The van der Waals surface area contributed by atoms with Gasteiger partial charge >= 0.3 is 0 Å². The first kappa shape index (κ1) is 19.9. The van der Waals surface area contributed by atoms with Crippen molar-refractivity contribution in [2.24, 2.45) is 5.92 Å². The van der Waals surface area contributed by atoms with Crippen LogP contribution >= 0.6 is 0 Å². The van der Waals surface area contributed by atoms with Gasteiger partial charge in [0, 0.05) is 17.8 Å². The monoisotopic (exact) mass is 400 g/mol. The predicted molar refractivity (Wildman–Crippen MR) is 110 cm³/mol. The number of hydrogen-bond donors (Lipinski definition) is 2. The van der Waals surface area contributed by atoms with E-state index < -0.39 is 10.0 Å². The van der Waals surface area contributed by atoms with Crippen molar-refractivity contribution in [1.82, 2.24) is 0 Å². The number of sulfonamides is 1. The second-order valence-electron chi connectivity index (χ2n) is 6.83. The third kappa shape index (κ3) is 4.92. The molecule has 1 atom stereocenters. The van der Waals surface area contributed by atoms with Crippen molar-refractivity contribution in [2.75, 3.05) is 17.1 Å². The maximum absolute atomic E-state index is 12.7. The van der Waals surface area contributed by atoms with Gasteiger partial charge in [-0.25, -0.2) is 8.42 Å². The van der Waals surface area contributed by atoms with Crippen LogP contribution in [0.5, 0.6) is 5.75 Å². The Morgan fingerprint density at radius 2 is 1.93 bits per heavy atom. The van der Waals surface area contributed by atoms with Crippen LogP contribution in [0.2, 0.25) is 0 Å². The molecule has 0 radical (unpaired) electrons. The van der Waals surface area contributed by atoms with Crippen molar-refractivity contribution in [2.45, 2.75) is 31.1 Å². The zero-order valence-electron chi connectivity index (χ0n) is 15.9. The number of amides is 1. The normalized spacial score (nSPS) is 16.0. The van der Waals surface area contributed by atoms with E-state index in [0.29, 0.717) is 23.5 Å². The molecule has 1 amide bonds. The van der Waals surface area contributed by atoms with Gasteiger partial charge in [0.15, 0.2) is 0 Å². The molecule has 0 bridgehead atoms. The number of carbonyl (C=O) groups excluding carboxylic acids is 1. The van der Waals surface area contributed by atoms with E-state index in [1.807, 2.05) is 6.92 Å². The van der Waals surface area contributed by atoms with Gasteiger partial charge in [-0.2, -0.15) is 0 Å². The lowest BCUT2D eigenvalue weighted by Gasteiger charge is -2.14. The topological polar surface area (TPSA) is 84.5 Å². The number of allylic oxidation sites excluding steroid dienone is 2. The third-order valence-electron chi connectivity index (χ3n) is 4.70. The minimum atomic E-state index is -3.78. The Hall–Kier alpha value is -2.80. The molecule has 2 aromatic rings. The molecule has 148 valence electrons. The molecule has 28 heavy (non-hydrogen) atoms. The van der Waals surface area contributed by atoms with Gasteiger partial charge in [0.2, 0.25) is 5.91 Å². The first-order valence-corrected chi connectivity index (χ1v) is 10.6. The molecule has 7 heteroatoms. The smallest absolute Gasteiger partial charge is 0.261 e. The molecule has 1 aliphatic rings. The molecule has 0 saturated carbocycles. The van der Waals surface area contributed by atoms with E-state index in [4.69, 9.17) is 4.74 Å². The number of benzene rings is 2. The average Bonchev–Trinajstić information content (AvgIpc) is 3.16. The minimum absolute atomic E-state index is 0.0879. The van der Waals surface area contributed by atoms with Crippen molar-refractivity contribution < 1.29 is 17.9 Å². The molecule has 0 spiro atoms. The van der Waals surface area contributed by atoms with Crippen molar-refractivity contribution >= 4 is 27.3 Å². The highest BCUT2D eigenvalue weighted by Crippen LogP contribution is 2.25. The molecule has 0 aromatic heterocycles. The van der Waals surface area contributed by atoms with Gasteiger partial charge in [-0.05, 0) is 67.6 Å². The number of methoxy groups -OCH3 is 1. The van der Waals surface area contributed by atoms with Crippen LogP contribution in [0.4, 0.5) is 11.4 Å². The first-order valence-electron chi connectivity index (χ1n) is 9.11. The molecule has 0 fully saturated rings. The number of carbonyl (C=O) groups is 1. The zero-order chi connectivity index (χ0) is 20.1. The van der Waals surface area contributed by atoms with Gasteiger partial charge in [0.1, 0.15) is 5.75 Å². The average molecular weight is 401 g/mol. The highest BCUT2D eigenvalue weighted by molar-refractivity contribution is 7.92. The molecule has 2 aromatic carbocycles. The summed E-state index contributed by atoms with van der Waals surface area (Å²) in [6, 6.07) is 11.3. The fourth-order valence-corrected chi connectivity index (χ4v) is 4.17. The van der Waals surface area contributed by atoms with Crippen molar-refractivity contribution in [1.29, 1.82) is 0 Å². The molecular weight excluding hydrogens is 376 g/mol. The molecule has 0 saturated heterocycles. The van der Waals surface area contributed by atoms with Gasteiger partial charge in [0.25, 0.3) is 10.0 Å². The Morgan fingerprint density at radius 3 is 2.57 bits per heavy atom. The number of hydrogen-bond acceptors (Lipinski definition) is 4. The van der Waals surface area contributed by atoms with E-state index in [0.717, 1.165) is 18.4 Å². The van der Waals surface area contributed by atoms with E-state index in [-0.39, 0.29) is 16.7 Å². The maximum atomic E-state index is 12.7. The van der Waals surface area contributed by atoms with Gasteiger partial charge in [-0.15, -0.1) is 0 Å². The second kappa shape index (κ2) is 8.48. The van der Waals surface area contributed by atoms with E-state index in [1.165, 1.54) is 12.1 Å². The number of nitrogens with one attached hydrogen (secondary N) is 2. The van der Waals surface area contributed by atoms with Crippen LogP contribution in [0.15, 0.2) is 59.5 Å².